The lowest BCUT2D eigenvalue weighted by atomic mass is 10.1. The Labute approximate surface area is 138 Å². The van der Waals surface area contributed by atoms with Crippen LogP contribution in [-0.4, -0.2) is 62.5 Å². The van der Waals surface area contributed by atoms with Crippen molar-refractivity contribution < 1.29 is 13.2 Å². The van der Waals surface area contributed by atoms with Crippen molar-refractivity contribution in [2.45, 2.75) is 25.3 Å². The molecule has 0 bridgehead atoms. The molecule has 1 N–H and O–H groups in total. The van der Waals surface area contributed by atoms with E-state index in [4.69, 9.17) is 0 Å². The van der Waals surface area contributed by atoms with Crippen molar-refractivity contribution in [1.82, 2.24) is 9.21 Å². The molecule has 6 nitrogen and oxygen atoms in total. The smallest absolute Gasteiger partial charge is 0.225 e. The molecule has 2 rings (SSSR count). The highest BCUT2D eigenvalue weighted by Crippen LogP contribution is 2.17. The van der Waals surface area contributed by atoms with Crippen molar-refractivity contribution >= 4 is 21.6 Å². The number of nitrogens with one attached hydrogen (secondary N) is 1. The number of benzene rings is 1. The largest absolute Gasteiger partial charge is 0.326 e. The lowest BCUT2D eigenvalue weighted by molar-refractivity contribution is -0.116. The number of amides is 1. The summed E-state index contributed by atoms with van der Waals surface area (Å²) in [5, 5.41) is 2.88. The van der Waals surface area contributed by atoms with E-state index >= 15 is 0 Å². The fourth-order valence-corrected chi connectivity index (χ4v) is 3.53. The normalized spacial score (nSPS) is 17.3. The third kappa shape index (κ3) is 5.60. The van der Waals surface area contributed by atoms with Gasteiger partial charge in [0.1, 0.15) is 0 Å². The van der Waals surface area contributed by atoms with Crippen LogP contribution in [0.4, 0.5) is 5.69 Å². The number of sulfonamides is 1. The first-order valence-corrected chi connectivity index (χ1v) is 9.71. The maximum Gasteiger partial charge on any atom is 0.225 e. The third-order valence-corrected chi connectivity index (χ3v) is 5.65. The van der Waals surface area contributed by atoms with E-state index < -0.39 is 10.0 Å². The number of nitrogens with zero attached hydrogens (tertiary/aromatic N) is 2. The van der Waals surface area contributed by atoms with Crippen LogP contribution < -0.4 is 5.32 Å². The van der Waals surface area contributed by atoms with Gasteiger partial charge in [-0.15, -0.1) is 0 Å². The van der Waals surface area contributed by atoms with E-state index in [9.17, 15) is 13.2 Å². The minimum absolute atomic E-state index is 0.00609. The highest BCUT2D eigenvalue weighted by Gasteiger charge is 2.27. The van der Waals surface area contributed by atoms with Crippen LogP contribution in [0, 0.1) is 0 Å². The van der Waals surface area contributed by atoms with Crippen molar-refractivity contribution in [2.24, 2.45) is 0 Å². The minimum Gasteiger partial charge on any atom is -0.326 e. The van der Waals surface area contributed by atoms with Gasteiger partial charge in [-0.2, -0.15) is 0 Å². The molecule has 0 unspecified atom stereocenters. The van der Waals surface area contributed by atoms with E-state index in [1.165, 1.54) is 10.6 Å². The van der Waals surface area contributed by atoms with Gasteiger partial charge >= 0.3 is 0 Å². The van der Waals surface area contributed by atoms with E-state index in [2.05, 4.69) is 10.2 Å². The predicted octanol–water partition coefficient (Wildman–Crippen LogP) is 1.37. The van der Waals surface area contributed by atoms with Gasteiger partial charge in [-0.05, 0) is 38.1 Å². The molecular formula is C16H25N3O3S. The number of anilines is 1. The first-order valence-electron chi connectivity index (χ1n) is 7.86. The van der Waals surface area contributed by atoms with E-state index in [-0.39, 0.29) is 11.9 Å². The van der Waals surface area contributed by atoms with E-state index in [1.807, 2.05) is 30.3 Å². The number of para-hydroxylation sites is 1. The maximum absolute atomic E-state index is 11.9. The van der Waals surface area contributed by atoms with E-state index in [0.717, 1.165) is 31.6 Å². The molecule has 0 aliphatic carbocycles. The number of likely N-dealkylation sites (tertiary alicyclic amines) is 1. The molecule has 1 aliphatic heterocycles. The molecule has 23 heavy (non-hydrogen) atoms. The van der Waals surface area contributed by atoms with Gasteiger partial charge in [0.25, 0.3) is 0 Å². The van der Waals surface area contributed by atoms with Gasteiger partial charge in [0.2, 0.25) is 15.9 Å². The summed E-state index contributed by atoms with van der Waals surface area (Å²) < 4.78 is 24.6. The molecule has 1 aromatic rings. The molecule has 0 saturated carbocycles. The van der Waals surface area contributed by atoms with Gasteiger partial charge in [-0.3, -0.25) is 4.79 Å². The predicted molar refractivity (Wildman–Crippen MR) is 91.8 cm³/mol. The number of carbonyl (C=O) groups is 1. The van der Waals surface area contributed by atoms with Gasteiger partial charge in [-0.1, -0.05) is 18.2 Å². The lowest BCUT2D eigenvalue weighted by Crippen LogP contribution is -2.45. The Morgan fingerprint density at radius 2 is 1.87 bits per heavy atom. The van der Waals surface area contributed by atoms with Gasteiger partial charge in [0, 0.05) is 31.7 Å². The number of carbonyl (C=O) groups excluding carboxylic acids is 1. The van der Waals surface area contributed by atoms with Crippen molar-refractivity contribution in [3.63, 3.8) is 0 Å². The minimum atomic E-state index is -3.13. The number of piperidine rings is 1. The van der Waals surface area contributed by atoms with Crippen LogP contribution >= 0.6 is 0 Å². The Hall–Kier alpha value is -1.44. The second-order valence-corrected chi connectivity index (χ2v) is 8.06. The number of hydrogen-bond donors (Lipinski definition) is 1. The lowest BCUT2D eigenvalue weighted by Gasteiger charge is -2.35. The summed E-state index contributed by atoms with van der Waals surface area (Å²) in [7, 11) is -1.49. The number of hydrogen-bond acceptors (Lipinski definition) is 4. The molecule has 1 aromatic carbocycles. The van der Waals surface area contributed by atoms with Crippen molar-refractivity contribution in [3.8, 4) is 0 Å². The molecule has 1 amide bonds. The summed E-state index contributed by atoms with van der Waals surface area (Å²) >= 11 is 0. The Balaban J connectivity index is 1.71. The van der Waals surface area contributed by atoms with Crippen molar-refractivity contribution in [1.29, 1.82) is 0 Å². The average Bonchev–Trinajstić information content (AvgIpc) is 2.53. The van der Waals surface area contributed by atoms with Crippen LogP contribution in [0.1, 0.15) is 19.3 Å². The quantitative estimate of drug-likeness (QED) is 0.850. The van der Waals surface area contributed by atoms with Crippen LogP contribution in [0.2, 0.25) is 0 Å². The first-order chi connectivity index (χ1) is 10.9. The second-order valence-electron chi connectivity index (χ2n) is 6.02. The van der Waals surface area contributed by atoms with Crippen LogP contribution in [0.25, 0.3) is 0 Å². The summed E-state index contributed by atoms with van der Waals surface area (Å²) in [6.07, 6.45) is 3.31. The van der Waals surface area contributed by atoms with Crippen molar-refractivity contribution in [2.75, 3.05) is 38.3 Å². The molecule has 1 heterocycles. The molecule has 0 atom stereocenters. The molecule has 128 valence electrons. The monoisotopic (exact) mass is 339 g/mol. The fourth-order valence-electron chi connectivity index (χ4n) is 2.78. The van der Waals surface area contributed by atoms with Crippen LogP contribution in [0.5, 0.6) is 0 Å². The molecule has 7 heteroatoms. The Morgan fingerprint density at radius 1 is 1.26 bits per heavy atom. The van der Waals surface area contributed by atoms with Crippen molar-refractivity contribution in [3.05, 3.63) is 30.3 Å². The zero-order valence-electron chi connectivity index (χ0n) is 13.7. The molecule has 0 spiro atoms. The molecule has 1 aliphatic rings. The molecular weight excluding hydrogens is 314 g/mol. The Bertz CT molecular complexity index is 611. The average molecular weight is 339 g/mol. The summed E-state index contributed by atoms with van der Waals surface area (Å²) in [4.78, 5) is 14.2. The van der Waals surface area contributed by atoms with Crippen LogP contribution in [0.3, 0.4) is 0 Å². The zero-order chi connectivity index (χ0) is 16.9. The molecule has 1 fully saturated rings. The Morgan fingerprint density at radius 3 is 2.43 bits per heavy atom. The topological polar surface area (TPSA) is 69.7 Å². The van der Waals surface area contributed by atoms with E-state index in [1.54, 1.807) is 7.05 Å². The SMILES string of the molecule is CN(C1CCN(CCC(=O)Nc2ccccc2)CC1)S(C)(=O)=O. The molecule has 0 aromatic heterocycles. The standard InChI is InChI=1S/C16H25N3O3S/c1-18(23(2,21)22)15-8-11-19(12-9-15)13-10-16(20)17-14-6-4-3-5-7-14/h3-7,15H,8-13H2,1-2H3,(H,17,20). The highest BCUT2D eigenvalue weighted by atomic mass is 32.2. The van der Waals surface area contributed by atoms with E-state index in [0.29, 0.717) is 13.0 Å². The first kappa shape index (κ1) is 17.9. The van der Waals surface area contributed by atoms with Gasteiger partial charge in [-0.25, -0.2) is 12.7 Å². The molecule has 1 saturated heterocycles. The maximum atomic E-state index is 11.9. The highest BCUT2D eigenvalue weighted by molar-refractivity contribution is 7.88. The summed E-state index contributed by atoms with van der Waals surface area (Å²) in [5.74, 6) is 0.00609. The summed E-state index contributed by atoms with van der Waals surface area (Å²) in [6.45, 7) is 2.35. The van der Waals surface area contributed by atoms with Crippen LogP contribution in [0.15, 0.2) is 30.3 Å². The van der Waals surface area contributed by atoms with Crippen LogP contribution in [-0.2, 0) is 14.8 Å². The zero-order valence-corrected chi connectivity index (χ0v) is 14.6. The molecule has 0 radical (unpaired) electrons. The number of rotatable bonds is 6. The van der Waals surface area contributed by atoms with Gasteiger partial charge in [0.05, 0.1) is 6.26 Å². The Kier molecular flexibility index (Phi) is 6.15. The van der Waals surface area contributed by atoms with Gasteiger partial charge in [0.15, 0.2) is 0 Å². The van der Waals surface area contributed by atoms with Gasteiger partial charge < -0.3 is 10.2 Å². The summed E-state index contributed by atoms with van der Waals surface area (Å²) in [6, 6.07) is 9.49. The fraction of sp³-hybridized carbons (Fsp3) is 0.562. The summed E-state index contributed by atoms with van der Waals surface area (Å²) in [5.41, 5.74) is 0.811. The second kappa shape index (κ2) is 7.90. The third-order valence-electron chi connectivity index (χ3n) is 4.31.